The Hall–Kier alpha value is -1.96. The Labute approximate surface area is 123 Å². The Balaban J connectivity index is 1.57. The summed E-state index contributed by atoms with van der Waals surface area (Å²) in [5.74, 6) is 0.782. The predicted octanol–water partition coefficient (Wildman–Crippen LogP) is 1.91. The molecule has 4 rings (SSSR count). The van der Waals surface area contributed by atoms with Crippen LogP contribution in [0.5, 0.6) is 0 Å². The summed E-state index contributed by atoms with van der Waals surface area (Å²) >= 11 is 3.44. The van der Waals surface area contributed by atoms with Gasteiger partial charge in [0.05, 0.1) is 22.5 Å². The standard InChI is InChI=1S/C12H12BrN7/c13-8-3-19-20(4-8)12(1-2-12)5-14-10-9-11(16-6-15-9)18-7-17-10/h3-4,6-7H,1-2,5H2,(H2,14,15,16,17,18). The minimum absolute atomic E-state index is 0.0588. The second kappa shape index (κ2) is 4.27. The van der Waals surface area contributed by atoms with Crippen LogP contribution >= 0.6 is 15.9 Å². The molecule has 8 heteroatoms. The molecule has 0 aromatic carbocycles. The molecule has 20 heavy (non-hydrogen) atoms. The zero-order valence-electron chi connectivity index (χ0n) is 10.5. The lowest BCUT2D eigenvalue weighted by Gasteiger charge is -2.17. The van der Waals surface area contributed by atoms with E-state index in [1.807, 2.05) is 17.1 Å². The fourth-order valence-electron chi connectivity index (χ4n) is 2.34. The van der Waals surface area contributed by atoms with Gasteiger partial charge in [0.25, 0.3) is 0 Å². The lowest BCUT2D eigenvalue weighted by atomic mass is 10.2. The molecule has 0 aliphatic heterocycles. The second-order valence-corrected chi connectivity index (χ2v) is 5.92. The van der Waals surface area contributed by atoms with Crippen molar-refractivity contribution in [3.05, 3.63) is 29.5 Å². The number of nitrogens with one attached hydrogen (secondary N) is 2. The molecule has 3 heterocycles. The van der Waals surface area contributed by atoms with Gasteiger partial charge in [-0.3, -0.25) is 4.68 Å². The summed E-state index contributed by atoms with van der Waals surface area (Å²) in [6.45, 7) is 0.784. The van der Waals surface area contributed by atoms with Gasteiger partial charge in [-0.1, -0.05) is 0 Å². The van der Waals surface area contributed by atoms with E-state index in [0.29, 0.717) is 5.65 Å². The highest BCUT2D eigenvalue weighted by molar-refractivity contribution is 9.10. The molecule has 0 radical (unpaired) electrons. The summed E-state index contributed by atoms with van der Waals surface area (Å²) in [7, 11) is 0. The van der Waals surface area contributed by atoms with Gasteiger partial charge in [0.2, 0.25) is 0 Å². The molecule has 1 saturated carbocycles. The number of nitrogens with zero attached hydrogens (tertiary/aromatic N) is 5. The lowest BCUT2D eigenvalue weighted by Crippen LogP contribution is -2.27. The van der Waals surface area contributed by atoms with E-state index >= 15 is 0 Å². The van der Waals surface area contributed by atoms with Crippen molar-refractivity contribution in [3.63, 3.8) is 0 Å². The van der Waals surface area contributed by atoms with Crippen molar-refractivity contribution in [2.24, 2.45) is 0 Å². The Morgan fingerprint density at radius 3 is 3.00 bits per heavy atom. The maximum atomic E-state index is 4.39. The molecule has 1 fully saturated rings. The van der Waals surface area contributed by atoms with Crippen molar-refractivity contribution >= 4 is 32.9 Å². The molecule has 1 aliphatic rings. The number of halogens is 1. The minimum Gasteiger partial charge on any atom is -0.366 e. The average Bonchev–Trinajstić information content (AvgIpc) is 2.87. The highest BCUT2D eigenvalue weighted by Crippen LogP contribution is 2.43. The predicted molar refractivity (Wildman–Crippen MR) is 77.3 cm³/mol. The summed E-state index contributed by atoms with van der Waals surface area (Å²) in [6.07, 6.45) is 9.21. The highest BCUT2D eigenvalue weighted by atomic mass is 79.9. The van der Waals surface area contributed by atoms with Gasteiger partial charge in [-0.05, 0) is 28.8 Å². The third-order valence-corrected chi connectivity index (χ3v) is 4.08. The molecular weight excluding hydrogens is 322 g/mol. The van der Waals surface area contributed by atoms with Crippen molar-refractivity contribution in [1.29, 1.82) is 0 Å². The van der Waals surface area contributed by atoms with E-state index in [0.717, 1.165) is 35.2 Å². The highest BCUT2D eigenvalue weighted by Gasteiger charge is 2.45. The molecule has 0 saturated heterocycles. The van der Waals surface area contributed by atoms with Crippen LogP contribution in [-0.2, 0) is 5.54 Å². The summed E-state index contributed by atoms with van der Waals surface area (Å²) in [4.78, 5) is 15.6. The van der Waals surface area contributed by atoms with Crippen LogP contribution in [0.1, 0.15) is 12.8 Å². The molecule has 102 valence electrons. The van der Waals surface area contributed by atoms with E-state index in [1.54, 1.807) is 6.33 Å². The quantitative estimate of drug-likeness (QED) is 0.761. The van der Waals surface area contributed by atoms with Crippen LogP contribution < -0.4 is 5.32 Å². The van der Waals surface area contributed by atoms with Gasteiger partial charge in [0, 0.05) is 12.7 Å². The van der Waals surface area contributed by atoms with Crippen molar-refractivity contribution in [1.82, 2.24) is 29.7 Å². The zero-order valence-corrected chi connectivity index (χ0v) is 12.1. The van der Waals surface area contributed by atoms with Gasteiger partial charge in [0.1, 0.15) is 11.8 Å². The van der Waals surface area contributed by atoms with E-state index in [2.05, 4.69) is 46.3 Å². The molecule has 7 nitrogen and oxygen atoms in total. The summed E-state index contributed by atoms with van der Waals surface area (Å²) in [6, 6.07) is 0. The topological polar surface area (TPSA) is 84.3 Å². The maximum absolute atomic E-state index is 4.39. The number of aromatic nitrogens is 6. The Morgan fingerprint density at radius 1 is 1.35 bits per heavy atom. The fraction of sp³-hybridized carbons (Fsp3) is 0.333. The van der Waals surface area contributed by atoms with Crippen LogP contribution in [0, 0.1) is 0 Å². The first-order valence-corrected chi connectivity index (χ1v) is 7.15. The van der Waals surface area contributed by atoms with Crippen LogP contribution in [0.3, 0.4) is 0 Å². The SMILES string of the molecule is Brc1cnn(C2(CNc3ncnc4nc[nH]c34)CC2)c1. The van der Waals surface area contributed by atoms with Crippen molar-refractivity contribution in [2.75, 3.05) is 11.9 Å². The first-order chi connectivity index (χ1) is 9.77. The molecule has 0 spiro atoms. The molecule has 2 N–H and O–H groups in total. The molecular formula is C12H12BrN7. The fourth-order valence-corrected chi connectivity index (χ4v) is 2.62. The van der Waals surface area contributed by atoms with Crippen LogP contribution in [0.4, 0.5) is 5.82 Å². The molecule has 0 unspecified atom stereocenters. The van der Waals surface area contributed by atoms with Crippen LogP contribution in [0.15, 0.2) is 29.5 Å². The Morgan fingerprint density at radius 2 is 2.25 bits per heavy atom. The average molecular weight is 334 g/mol. The zero-order chi connectivity index (χ0) is 13.6. The van der Waals surface area contributed by atoms with E-state index in [1.165, 1.54) is 6.33 Å². The number of aromatic amines is 1. The third kappa shape index (κ3) is 1.87. The number of hydrogen-bond donors (Lipinski definition) is 2. The first-order valence-electron chi connectivity index (χ1n) is 6.35. The van der Waals surface area contributed by atoms with Gasteiger partial charge < -0.3 is 10.3 Å². The summed E-state index contributed by atoms with van der Waals surface area (Å²) in [5.41, 5.74) is 1.57. The summed E-state index contributed by atoms with van der Waals surface area (Å²) < 4.78 is 3.02. The first kappa shape index (κ1) is 11.8. The number of hydrogen-bond acceptors (Lipinski definition) is 5. The Kier molecular flexibility index (Phi) is 2.53. The van der Waals surface area contributed by atoms with Gasteiger partial charge in [-0.25, -0.2) is 15.0 Å². The van der Waals surface area contributed by atoms with Gasteiger partial charge in [-0.2, -0.15) is 5.10 Å². The molecule has 0 bridgehead atoms. The maximum Gasteiger partial charge on any atom is 0.182 e. The largest absolute Gasteiger partial charge is 0.366 e. The van der Waals surface area contributed by atoms with Gasteiger partial charge in [0.15, 0.2) is 11.5 Å². The summed E-state index contributed by atoms with van der Waals surface area (Å²) in [5, 5.41) is 7.78. The third-order valence-electron chi connectivity index (χ3n) is 3.67. The van der Waals surface area contributed by atoms with Gasteiger partial charge in [-0.15, -0.1) is 0 Å². The van der Waals surface area contributed by atoms with Gasteiger partial charge >= 0.3 is 0 Å². The number of anilines is 1. The molecule has 1 aliphatic carbocycles. The van der Waals surface area contributed by atoms with E-state index < -0.39 is 0 Å². The second-order valence-electron chi connectivity index (χ2n) is 5.00. The number of H-pyrrole nitrogens is 1. The van der Waals surface area contributed by atoms with Crippen LogP contribution in [0.2, 0.25) is 0 Å². The van der Waals surface area contributed by atoms with E-state index in [9.17, 15) is 0 Å². The van der Waals surface area contributed by atoms with Crippen molar-refractivity contribution in [2.45, 2.75) is 18.4 Å². The molecule has 0 atom stereocenters. The van der Waals surface area contributed by atoms with E-state index in [-0.39, 0.29) is 5.54 Å². The molecule has 0 amide bonds. The van der Waals surface area contributed by atoms with Crippen molar-refractivity contribution < 1.29 is 0 Å². The normalized spacial score (nSPS) is 16.4. The Bertz CT molecular complexity index is 758. The minimum atomic E-state index is 0.0588. The number of rotatable bonds is 4. The molecule has 3 aromatic heterocycles. The van der Waals surface area contributed by atoms with E-state index in [4.69, 9.17) is 0 Å². The van der Waals surface area contributed by atoms with Crippen molar-refractivity contribution in [3.8, 4) is 0 Å². The smallest absolute Gasteiger partial charge is 0.182 e. The van der Waals surface area contributed by atoms with Crippen LogP contribution in [0.25, 0.3) is 11.2 Å². The molecule has 3 aromatic rings. The number of imidazole rings is 1. The monoisotopic (exact) mass is 333 g/mol. The van der Waals surface area contributed by atoms with Crippen LogP contribution in [-0.4, -0.2) is 36.3 Å². The lowest BCUT2D eigenvalue weighted by molar-refractivity contribution is 0.452. The number of fused-ring (bicyclic) bond motifs is 1.